The fraction of sp³-hybridized carbons (Fsp3) is 0.500. The van der Waals surface area contributed by atoms with Gasteiger partial charge in [0.1, 0.15) is 0 Å². The second-order valence-corrected chi connectivity index (χ2v) is 11.2. The van der Waals surface area contributed by atoms with Crippen molar-refractivity contribution in [1.82, 2.24) is 10.2 Å². The van der Waals surface area contributed by atoms with Crippen molar-refractivity contribution in [3.05, 3.63) is 59.7 Å². The number of carbonyl (C=O) groups excluding carboxylic acids is 1. The van der Waals surface area contributed by atoms with E-state index in [0.717, 1.165) is 77.1 Å². The topological polar surface area (TPSA) is 91.0 Å². The lowest BCUT2D eigenvalue weighted by molar-refractivity contribution is 0.0383. The zero-order valence-electron chi connectivity index (χ0n) is 20.4. The van der Waals surface area contributed by atoms with E-state index in [1.165, 1.54) is 5.56 Å². The van der Waals surface area contributed by atoms with Crippen LogP contribution in [-0.4, -0.2) is 78.0 Å². The number of hydrogen-bond donors (Lipinski definition) is 2. The van der Waals surface area contributed by atoms with E-state index in [9.17, 15) is 13.2 Å². The van der Waals surface area contributed by atoms with Gasteiger partial charge in [-0.3, -0.25) is 14.4 Å². The van der Waals surface area contributed by atoms with Crippen LogP contribution in [0.1, 0.15) is 28.8 Å². The molecule has 0 aromatic heterocycles. The van der Waals surface area contributed by atoms with Crippen LogP contribution in [0.15, 0.2) is 48.5 Å². The van der Waals surface area contributed by atoms with Crippen molar-refractivity contribution in [1.29, 1.82) is 0 Å². The minimum absolute atomic E-state index is 0.184. The smallest absolute Gasteiger partial charge is 0.253 e. The Balaban J connectivity index is 1.43. The molecule has 2 saturated heterocycles. The summed E-state index contributed by atoms with van der Waals surface area (Å²) in [6.45, 7) is 6.20. The number of hydrogen-bond acceptors (Lipinski definition) is 6. The lowest BCUT2D eigenvalue weighted by Crippen LogP contribution is -2.41. The molecule has 0 aliphatic carbocycles. The van der Waals surface area contributed by atoms with Crippen LogP contribution >= 0.6 is 0 Å². The molecule has 9 heteroatoms. The number of benzene rings is 2. The predicted octanol–water partition coefficient (Wildman–Crippen LogP) is 2.58. The molecule has 2 heterocycles. The van der Waals surface area contributed by atoms with Crippen molar-refractivity contribution in [2.24, 2.45) is 5.92 Å². The third kappa shape index (κ3) is 7.68. The summed E-state index contributed by atoms with van der Waals surface area (Å²) < 4.78 is 31.4. The lowest BCUT2D eigenvalue weighted by atomic mass is 9.89. The molecule has 0 spiro atoms. The molecule has 0 unspecified atom stereocenters. The first-order chi connectivity index (χ1) is 16.9. The van der Waals surface area contributed by atoms with Gasteiger partial charge in [-0.1, -0.05) is 30.3 Å². The van der Waals surface area contributed by atoms with Crippen LogP contribution < -0.4 is 14.9 Å². The van der Waals surface area contributed by atoms with Crippen molar-refractivity contribution in [3.8, 4) is 0 Å². The highest BCUT2D eigenvalue weighted by molar-refractivity contribution is 7.92. The Morgan fingerprint density at radius 3 is 2.43 bits per heavy atom. The molecule has 2 aromatic carbocycles. The van der Waals surface area contributed by atoms with Gasteiger partial charge in [-0.15, -0.1) is 0 Å². The van der Waals surface area contributed by atoms with Crippen LogP contribution in [-0.2, 0) is 21.2 Å². The summed E-state index contributed by atoms with van der Waals surface area (Å²) in [6.07, 6.45) is 4.29. The molecular formula is C26H36N4O4S. The van der Waals surface area contributed by atoms with Crippen molar-refractivity contribution in [3.63, 3.8) is 0 Å². The van der Waals surface area contributed by atoms with Gasteiger partial charge in [0.25, 0.3) is 5.91 Å². The number of rotatable bonds is 9. The van der Waals surface area contributed by atoms with Crippen LogP contribution in [0.4, 0.5) is 11.4 Å². The van der Waals surface area contributed by atoms with Crippen molar-refractivity contribution in [2.45, 2.75) is 19.3 Å². The maximum Gasteiger partial charge on any atom is 0.253 e. The number of amides is 1. The molecule has 2 aliphatic rings. The van der Waals surface area contributed by atoms with Gasteiger partial charge >= 0.3 is 0 Å². The minimum Gasteiger partial charge on any atom is -0.379 e. The van der Waals surface area contributed by atoms with E-state index in [4.69, 9.17) is 4.74 Å². The number of ether oxygens (including phenoxy) is 1. The van der Waals surface area contributed by atoms with Gasteiger partial charge in [0.05, 0.1) is 25.0 Å². The van der Waals surface area contributed by atoms with Crippen molar-refractivity contribution in [2.75, 3.05) is 68.4 Å². The van der Waals surface area contributed by atoms with Gasteiger partial charge in [-0.05, 0) is 48.9 Å². The monoisotopic (exact) mass is 500 g/mol. The molecule has 35 heavy (non-hydrogen) atoms. The molecule has 2 aliphatic heterocycles. The summed E-state index contributed by atoms with van der Waals surface area (Å²) in [5.41, 5.74) is 3.12. The second kappa shape index (κ2) is 11.9. The van der Waals surface area contributed by atoms with E-state index in [1.54, 1.807) is 12.1 Å². The quantitative estimate of drug-likeness (QED) is 0.550. The number of nitrogens with zero attached hydrogens (tertiary/aromatic N) is 2. The van der Waals surface area contributed by atoms with Gasteiger partial charge in [0.15, 0.2) is 0 Å². The van der Waals surface area contributed by atoms with E-state index in [-0.39, 0.29) is 5.91 Å². The zero-order chi connectivity index (χ0) is 24.7. The van der Waals surface area contributed by atoms with Gasteiger partial charge in [-0.2, -0.15) is 0 Å². The van der Waals surface area contributed by atoms with Crippen LogP contribution in [0.2, 0.25) is 0 Å². The van der Waals surface area contributed by atoms with Gasteiger partial charge in [0, 0.05) is 50.6 Å². The number of anilines is 2. The van der Waals surface area contributed by atoms with Gasteiger partial charge < -0.3 is 15.0 Å². The first-order valence-corrected chi connectivity index (χ1v) is 14.3. The highest BCUT2D eigenvalue weighted by atomic mass is 32.2. The number of sulfonamides is 1. The van der Waals surface area contributed by atoms with Crippen LogP contribution in [0.25, 0.3) is 0 Å². The van der Waals surface area contributed by atoms with Crippen molar-refractivity contribution >= 4 is 27.3 Å². The molecular weight excluding hydrogens is 464 g/mol. The molecule has 2 aromatic rings. The number of nitrogens with one attached hydrogen (secondary N) is 2. The average Bonchev–Trinajstić information content (AvgIpc) is 2.85. The molecule has 2 fully saturated rings. The molecule has 0 saturated carbocycles. The Bertz CT molecular complexity index is 1080. The summed E-state index contributed by atoms with van der Waals surface area (Å²) in [4.78, 5) is 17.7. The number of morpholine rings is 1. The first-order valence-electron chi connectivity index (χ1n) is 12.4. The Morgan fingerprint density at radius 2 is 1.74 bits per heavy atom. The first kappa shape index (κ1) is 25.5. The lowest BCUT2D eigenvalue weighted by Gasteiger charge is -2.35. The molecule has 1 amide bonds. The van der Waals surface area contributed by atoms with E-state index in [2.05, 4.69) is 44.1 Å². The van der Waals surface area contributed by atoms with Crippen LogP contribution in [0, 0.1) is 5.92 Å². The van der Waals surface area contributed by atoms with E-state index in [1.807, 2.05) is 12.1 Å². The summed E-state index contributed by atoms with van der Waals surface area (Å²) >= 11 is 0. The van der Waals surface area contributed by atoms with Crippen LogP contribution in [0.5, 0.6) is 0 Å². The predicted molar refractivity (Wildman–Crippen MR) is 140 cm³/mol. The third-order valence-electron chi connectivity index (χ3n) is 6.68. The molecule has 4 rings (SSSR count). The Hall–Kier alpha value is -2.62. The minimum atomic E-state index is -3.44. The summed E-state index contributed by atoms with van der Waals surface area (Å²) in [5, 5.41) is 3.03. The fourth-order valence-electron chi connectivity index (χ4n) is 4.84. The van der Waals surface area contributed by atoms with Gasteiger partial charge in [0.2, 0.25) is 10.0 Å². The summed E-state index contributed by atoms with van der Waals surface area (Å²) in [6, 6.07) is 15.8. The van der Waals surface area contributed by atoms with E-state index >= 15 is 0 Å². The summed E-state index contributed by atoms with van der Waals surface area (Å²) in [5.74, 6) is 0.433. The highest BCUT2D eigenvalue weighted by Crippen LogP contribution is 2.30. The number of piperidine rings is 1. The molecule has 0 atom stereocenters. The van der Waals surface area contributed by atoms with Crippen molar-refractivity contribution < 1.29 is 17.9 Å². The SMILES string of the molecule is CS(=O)(=O)Nc1ccc(N2CCC(Cc3ccccc3)CC2)c(C(=O)NCCN2CCOCC2)c1. The molecule has 8 nitrogen and oxygen atoms in total. The molecule has 0 radical (unpaired) electrons. The maximum atomic E-state index is 13.2. The molecule has 0 bridgehead atoms. The average molecular weight is 501 g/mol. The summed E-state index contributed by atoms with van der Waals surface area (Å²) in [7, 11) is -3.44. The molecule has 190 valence electrons. The Labute approximate surface area is 208 Å². The molecule has 2 N–H and O–H groups in total. The third-order valence-corrected chi connectivity index (χ3v) is 7.29. The highest BCUT2D eigenvalue weighted by Gasteiger charge is 2.24. The standard InChI is InChI=1S/C26H36N4O4S/c1-35(32,33)28-23-7-8-25(24(20-23)26(31)27-11-14-29-15-17-34-18-16-29)30-12-9-22(10-13-30)19-21-5-3-2-4-6-21/h2-8,20,22,28H,9-19H2,1H3,(H,27,31). The maximum absolute atomic E-state index is 13.2. The van der Waals surface area contributed by atoms with E-state index < -0.39 is 10.0 Å². The fourth-order valence-corrected chi connectivity index (χ4v) is 5.40. The Kier molecular flexibility index (Phi) is 8.64. The zero-order valence-corrected chi connectivity index (χ0v) is 21.2. The van der Waals surface area contributed by atoms with Gasteiger partial charge in [-0.25, -0.2) is 8.42 Å². The second-order valence-electron chi connectivity index (χ2n) is 9.44. The van der Waals surface area contributed by atoms with E-state index in [0.29, 0.717) is 23.7 Å². The van der Waals surface area contributed by atoms with Crippen LogP contribution in [0.3, 0.4) is 0 Å². The largest absolute Gasteiger partial charge is 0.379 e. The number of carbonyl (C=O) groups is 1. The normalized spacial score (nSPS) is 17.8. The Morgan fingerprint density at radius 1 is 1.03 bits per heavy atom.